The largest absolute Gasteiger partial charge is 0.487 e. The molecule has 0 saturated carbocycles. The Hall–Kier alpha value is -2.51. The monoisotopic (exact) mass is 448 g/mol. The molecule has 0 spiro atoms. The maximum Gasteiger partial charge on any atom is 0.303 e. The van der Waals surface area contributed by atoms with Crippen molar-refractivity contribution in [3.8, 4) is 5.75 Å². The number of carboxylic acids is 1. The number of rotatable bonds is 11. The van der Waals surface area contributed by atoms with E-state index in [0.29, 0.717) is 16.9 Å². The molecule has 0 bridgehead atoms. The number of quaternary nitrogens is 1. The van der Waals surface area contributed by atoms with Crippen LogP contribution in [-0.2, 0) is 24.1 Å². The number of likely N-dealkylation sites (N-methyl/N-ethyl adjacent to an activating group) is 1. The lowest BCUT2D eigenvalue weighted by Crippen LogP contribution is -2.48. The van der Waals surface area contributed by atoms with E-state index in [0.717, 1.165) is 31.9 Å². The molecule has 1 atom stereocenters. The Bertz CT molecular complexity index is 923. The highest BCUT2D eigenvalue weighted by atomic mass is 19.2. The molecule has 0 saturated heterocycles. The number of hydrogen-bond donors (Lipinski definition) is 2. The van der Waals surface area contributed by atoms with Gasteiger partial charge in [-0.05, 0) is 47.9 Å². The Labute approximate surface area is 187 Å². The molecule has 2 aromatic carbocycles. The van der Waals surface area contributed by atoms with Gasteiger partial charge in [0.2, 0.25) is 5.82 Å². The lowest BCUT2D eigenvalue weighted by atomic mass is 10.0. The van der Waals surface area contributed by atoms with Gasteiger partial charge in [0.05, 0.1) is 20.6 Å². The number of hydrogen-bond acceptors (Lipinski definition) is 3. The highest BCUT2D eigenvalue weighted by Gasteiger charge is 2.27. The van der Waals surface area contributed by atoms with Gasteiger partial charge in [-0.1, -0.05) is 30.3 Å². The number of halogens is 2. The number of aliphatic hydroxyl groups excluding tert-OH is 1. The second-order valence-electron chi connectivity index (χ2n) is 9.38. The first-order valence-electron chi connectivity index (χ1n) is 11.0. The van der Waals surface area contributed by atoms with Crippen molar-refractivity contribution in [2.45, 2.75) is 38.2 Å². The van der Waals surface area contributed by atoms with Crippen molar-refractivity contribution in [2.75, 3.05) is 33.8 Å². The summed E-state index contributed by atoms with van der Waals surface area (Å²) in [6, 6.07) is 10.8. The Balaban J connectivity index is 1.51. The molecular weight excluding hydrogens is 416 g/mol. The smallest absolute Gasteiger partial charge is 0.303 e. The third-order valence-corrected chi connectivity index (χ3v) is 6.14. The van der Waals surface area contributed by atoms with Crippen LogP contribution in [0.1, 0.15) is 29.5 Å². The van der Waals surface area contributed by atoms with Crippen LogP contribution >= 0.6 is 0 Å². The van der Waals surface area contributed by atoms with Crippen molar-refractivity contribution in [3.63, 3.8) is 0 Å². The molecule has 2 N–H and O–H groups in total. The lowest BCUT2D eigenvalue weighted by Gasteiger charge is -2.32. The van der Waals surface area contributed by atoms with E-state index in [-0.39, 0.29) is 30.8 Å². The van der Waals surface area contributed by atoms with Gasteiger partial charge in [0.25, 0.3) is 0 Å². The van der Waals surface area contributed by atoms with Crippen molar-refractivity contribution < 1.29 is 33.0 Å². The molecule has 0 aliphatic heterocycles. The zero-order chi connectivity index (χ0) is 23.3. The quantitative estimate of drug-likeness (QED) is 0.516. The van der Waals surface area contributed by atoms with E-state index >= 15 is 0 Å². The standard InChI is InChI=1S/C25H31F2NO4/c1-28(2,12-11-17-13-19-5-3-4-6-20(19)14-17)15-21(29)16-32-25-18(8-10-23(30)31)7-9-22(26)24(25)27/h3-7,9,17,21,29H,8,10-16H2,1-2H3/p+1/t21-/m1/s1. The molecule has 7 heteroatoms. The molecule has 5 nitrogen and oxygen atoms in total. The molecule has 32 heavy (non-hydrogen) atoms. The third kappa shape index (κ3) is 6.50. The molecule has 0 unspecified atom stereocenters. The topological polar surface area (TPSA) is 66.8 Å². The summed E-state index contributed by atoms with van der Waals surface area (Å²) in [6.45, 7) is 1.09. The van der Waals surface area contributed by atoms with Crippen LogP contribution < -0.4 is 4.74 Å². The molecular formula is C25H32F2NO4+. The van der Waals surface area contributed by atoms with E-state index < -0.39 is 23.7 Å². The van der Waals surface area contributed by atoms with Gasteiger partial charge >= 0.3 is 5.97 Å². The molecule has 174 valence electrons. The summed E-state index contributed by atoms with van der Waals surface area (Å²) >= 11 is 0. The van der Waals surface area contributed by atoms with Crippen LogP contribution in [0.2, 0.25) is 0 Å². The lowest BCUT2D eigenvalue weighted by molar-refractivity contribution is -0.894. The second kappa shape index (κ2) is 10.4. The highest BCUT2D eigenvalue weighted by Crippen LogP contribution is 2.29. The number of aliphatic hydroxyl groups is 1. The average molecular weight is 449 g/mol. The third-order valence-electron chi connectivity index (χ3n) is 6.14. The van der Waals surface area contributed by atoms with Crippen LogP contribution in [0.3, 0.4) is 0 Å². The van der Waals surface area contributed by atoms with Crippen LogP contribution in [0.25, 0.3) is 0 Å². The molecule has 0 aromatic heterocycles. The fourth-order valence-corrected chi connectivity index (χ4v) is 4.45. The summed E-state index contributed by atoms with van der Waals surface area (Å²) < 4.78 is 33.9. The van der Waals surface area contributed by atoms with E-state index in [1.165, 1.54) is 17.2 Å². The van der Waals surface area contributed by atoms with Gasteiger partial charge in [0.15, 0.2) is 11.6 Å². The van der Waals surface area contributed by atoms with Crippen LogP contribution in [-0.4, -0.2) is 60.6 Å². The second-order valence-corrected chi connectivity index (χ2v) is 9.38. The number of aryl methyl sites for hydroxylation is 1. The first kappa shape index (κ1) is 24.1. The Kier molecular flexibility index (Phi) is 7.85. The summed E-state index contributed by atoms with van der Waals surface area (Å²) in [5, 5.41) is 19.4. The number of nitrogens with zero attached hydrogens (tertiary/aromatic N) is 1. The van der Waals surface area contributed by atoms with Crippen molar-refractivity contribution in [2.24, 2.45) is 5.92 Å². The number of fused-ring (bicyclic) bond motifs is 1. The highest BCUT2D eigenvalue weighted by molar-refractivity contribution is 5.67. The Morgan fingerprint density at radius 2 is 1.81 bits per heavy atom. The Morgan fingerprint density at radius 3 is 2.44 bits per heavy atom. The van der Waals surface area contributed by atoms with Gasteiger partial charge in [0.1, 0.15) is 19.3 Å². The predicted molar refractivity (Wildman–Crippen MR) is 118 cm³/mol. The molecule has 0 heterocycles. The fourth-order valence-electron chi connectivity index (χ4n) is 4.45. The number of carboxylic acid groups (broad SMARTS) is 1. The van der Waals surface area contributed by atoms with E-state index in [1.807, 2.05) is 14.1 Å². The average Bonchev–Trinajstić information content (AvgIpc) is 3.15. The maximum absolute atomic E-state index is 14.2. The Morgan fingerprint density at radius 1 is 1.16 bits per heavy atom. The normalized spacial score (nSPS) is 14.9. The molecule has 1 aliphatic rings. The molecule has 0 radical (unpaired) electrons. The molecule has 0 fully saturated rings. The minimum atomic E-state index is -1.16. The van der Waals surface area contributed by atoms with E-state index in [1.54, 1.807) is 0 Å². The van der Waals surface area contributed by atoms with Crippen LogP contribution in [0.4, 0.5) is 8.78 Å². The number of carbonyl (C=O) groups is 1. The van der Waals surface area contributed by atoms with Gasteiger partial charge in [-0.15, -0.1) is 0 Å². The van der Waals surface area contributed by atoms with Crippen LogP contribution in [0.5, 0.6) is 5.75 Å². The van der Waals surface area contributed by atoms with E-state index in [4.69, 9.17) is 9.84 Å². The summed E-state index contributed by atoms with van der Waals surface area (Å²) in [5.41, 5.74) is 3.12. The first-order chi connectivity index (χ1) is 15.1. The summed E-state index contributed by atoms with van der Waals surface area (Å²) in [4.78, 5) is 10.8. The number of benzene rings is 2. The molecule has 0 amide bonds. The van der Waals surface area contributed by atoms with Gasteiger partial charge in [0, 0.05) is 12.8 Å². The zero-order valence-corrected chi connectivity index (χ0v) is 18.7. The minimum absolute atomic E-state index is 0.0172. The number of ether oxygens (including phenoxy) is 1. The fraction of sp³-hybridized carbons (Fsp3) is 0.480. The summed E-state index contributed by atoms with van der Waals surface area (Å²) in [6.07, 6.45) is 2.12. The van der Waals surface area contributed by atoms with Crippen molar-refractivity contribution in [1.29, 1.82) is 0 Å². The predicted octanol–water partition coefficient (Wildman–Crippen LogP) is 3.60. The van der Waals surface area contributed by atoms with Crippen molar-refractivity contribution >= 4 is 5.97 Å². The van der Waals surface area contributed by atoms with Crippen LogP contribution in [0, 0.1) is 17.6 Å². The van der Waals surface area contributed by atoms with Crippen molar-refractivity contribution in [1.82, 2.24) is 0 Å². The van der Waals surface area contributed by atoms with E-state index in [9.17, 15) is 18.7 Å². The summed E-state index contributed by atoms with van der Waals surface area (Å²) in [7, 11) is 4.07. The minimum Gasteiger partial charge on any atom is -0.487 e. The molecule has 3 rings (SSSR count). The van der Waals surface area contributed by atoms with Gasteiger partial charge in [-0.25, -0.2) is 4.39 Å². The summed E-state index contributed by atoms with van der Waals surface area (Å²) in [5.74, 6) is -2.99. The molecule has 1 aliphatic carbocycles. The first-order valence-corrected chi connectivity index (χ1v) is 11.0. The SMILES string of the molecule is C[N+](C)(CCC1Cc2ccccc2C1)C[C@@H](O)COc1c(CCC(=O)O)ccc(F)c1F. The van der Waals surface area contributed by atoms with Gasteiger partial charge in [-0.3, -0.25) is 4.79 Å². The van der Waals surface area contributed by atoms with Gasteiger partial charge in [-0.2, -0.15) is 4.39 Å². The van der Waals surface area contributed by atoms with E-state index in [2.05, 4.69) is 24.3 Å². The van der Waals surface area contributed by atoms with Gasteiger partial charge < -0.3 is 19.4 Å². The maximum atomic E-state index is 14.2. The van der Waals surface area contributed by atoms with Crippen molar-refractivity contribution in [3.05, 3.63) is 64.7 Å². The number of aliphatic carboxylic acids is 1. The molecule has 2 aromatic rings. The van der Waals surface area contributed by atoms with Crippen LogP contribution in [0.15, 0.2) is 36.4 Å². The zero-order valence-electron chi connectivity index (χ0n) is 18.7.